The van der Waals surface area contributed by atoms with E-state index in [0.717, 1.165) is 35.1 Å². The number of rotatable bonds is 4. The number of hydrogen-bond acceptors (Lipinski definition) is 3. The molecular formula is C18H18BrN3O. The SMILES string of the molecule is O=C(CN1CCCc2ccccc21)N/N=C\c1ccc(Br)cc1. The Balaban J connectivity index is 1.57. The molecule has 118 valence electrons. The zero-order valence-corrected chi connectivity index (χ0v) is 14.3. The lowest BCUT2D eigenvalue weighted by molar-refractivity contribution is -0.119. The van der Waals surface area contributed by atoms with E-state index in [1.54, 1.807) is 6.21 Å². The summed E-state index contributed by atoms with van der Waals surface area (Å²) in [5, 5.41) is 4.03. The molecular weight excluding hydrogens is 354 g/mol. The highest BCUT2D eigenvalue weighted by atomic mass is 79.9. The monoisotopic (exact) mass is 371 g/mol. The normalized spacial score (nSPS) is 13.9. The van der Waals surface area contributed by atoms with Gasteiger partial charge in [-0.05, 0) is 42.2 Å². The second-order valence-electron chi connectivity index (χ2n) is 5.50. The number of aryl methyl sites for hydroxylation is 1. The molecule has 0 atom stereocenters. The molecule has 1 amide bonds. The van der Waals surface area contributed by atoms with E-state index >= 15 is 0 Å². The molecule has 1 heterocycles. The standard InChI is InChI=1S/C18H18BrN3O/c19-16-9-7-14(8-10-16)12-20-21-18(23)13-22-11-3-5-15-4-1-2-6-17(15)22/h1-2,4,6-10,12H,3,5,11,13H2,(H,21,23)/b20-12-. The number of carbonyl (C=O) groups is 1. The molecule has 4 nitrogen and oxygen atoms in total. The van der Waals surface area contributed by atoms with Crippen molar-refractivity contribution in [2.75, 3.05) is 18.0 Å². The van der Waals surface area contributed by atoms with Crippen LogP contribution >= 0.6 is 15.9 Å². The number of amides is 1. The highest BCUT2D eigenvalue weighted by Gasteiger charge is 2.18. The number of nitrogens with one attached hydrogen (secondary N) is 1. The molecule has 1 aliphatic heterocycles. The Kier molecular flexibility index (Phi) is 5.08. The largest absolute Gasteiger partial charge is 0.362 e. The van der Waals surface area contributed by atoms with Crippen LogP contribution < -0.4 is 10.3 Å². The molecule has 0 radical (unpaired) electrons. The van der Waals surface area contributed by atoms with Crippen LogP contribution in [0, 0.1) is 0 Å². The predicted octanol–water partition coefficient (Wildman–Crippen LogP) is 3.35. The van der Waals surface area contributed by atoms with Crippen LogP contribution in [0.4, 0.5) is 5.69 Å². The lowest BCUT2D eigenvalue weighted by Crippen LogP contribution is -2.38. The highest BCUT2D eigenvalue weighted by Crippen LogP contribution is 2.26. The number of benzene rings is 2. The van der Waals surface area contributed by atoms with E-state index in [1.165, 1.54) is 5.56 Å². The van der Waals surface area contributed by atoms with E-state index in [2.05, 4.69) is 43.5 Å². The van der Waals surface area contributed by atoms with Crippen LogP contribution in [0.1, 0.15) is 17.5 Å². The van der Waals surface area contributed by atoms with Gasteiger partial charge < -0.3 is 4.90 Å². The van der Waals surface area contributed by atoms with Gasteiger partial charge in [0.1, 0.15) is 0 Å². The average molecular weight is 372 g/mol. The summed E-state index contributed by atoms with van der Waals surface area (Å²) in [5.74, 6) is -0.102. The minimum atomic E-state index is -0.102. The van der Waals surface area contributed by atoms with Gasteiger partial charge in [0.25, 0.3) is 5.91 Å². The quantitative estimate of drug-likeness (QED) is 0.661. The third-order valence-corrected chi connectivity index (χ3v) is 4.34. The first-order chi connectivity index (χ1) is 11.2. The van der Waals surface area contributed by atoms with Gasteiger partial charge in [-0.15, -0.1) is 0 Å². The van der Waals surface area contributed by atoms with Gasteiger partial charge in [0.2, 0.25) is 0 Å². The molecule has 0 aromatic heterocycles. The number of fused-ring (bicyclic) bond motifs is 1. The van der Waals surface area contributed by atoms with Crippen molar-refractivity contribution in [1.82, 2.24) is 5.43 Å². The van der Waals surface area contributed by atoms with E-state index in [9.17, 15) is 4.79 Å². The van der Waals surface area contributed by atoms with Gasteiger partial charge in [-0.2, -0.15) is 5.10 Å². The van der Waals surface area contributed by atoms with Gasteiger partial charge in [-0.3, -0.25) is 4.79 Å². The number of anilines is 1. The van der Waals surface area contributed by atoms with Crippen LogP contribution in [-0.4, -0.2) is 25.2 Å². The fraction of sp³-hybridized carbons (Fsp3) is 0.222. The summed E-state index contributed by atoms with van der Waals surface area (Å²) >= 11 is 3.39. The van der Waals surface area contributed by atoms with Crippen LogP contribution in [0.3, 0.4) is 0 Å². The first kappa shape index (κ1) is 15.7. The Labute approximate surface area is 144 Å². The Hall–Kier alpha value is -2.14. The van der Waals surface area contributed by atoms with Crippen molar-refractivity contribution in [3.8, 4) is 0 Å². The molecule has 0 fully saturated rings. The summed E-state index contributed by atoms with van der Waals surface area (Å²) in [6, 6.07) is 16.0. The van der Waals surface area contributed by atoms with E-state index in [0.29, 0.717) is 6.54 Å². The minimum Gasteiger partial charge on any atom is -0.362 e. The van der Waals surface area contributed by atoms with Crippen molar-refractivity contribution < 1.29 is 4.79 Å². The van der Waals surface area contributed by atoms with Gasteiger partial charge in [0.15, 0.2) is 0 Å². The maximum absolute atomic E-state index is 12.1. The number of hydrogen-bond donors (Lipinski definition) is 1. The number of para-hydroxylation sites is 1. The van der Waals surface area contributed by atoms with Crippen molar-refractivity contribution in [3.63, 3.8) is 0 Å². The Bertz CT molecular complexity index is 712. The van der Waals surface area contributed by atoms with Gasteiger partial charge >= 0.3 is 0 Å². The lowest BCUT2D eigenvalue weighted by atomic mass is 10.0. The Morgan fingerprint density at radius 3 is 2.83 bits per heavy atom. The first-order valence-electron chi connectivity index (χ1n) is 7.63. The molecule has 1 aliphatic rings. The van der Waals surface area contributed by atoms with Crippen LogP contribution in [0.2, 0.25) is 0 Å². The van der Waals surface area contributed by atoms with Crippen molar-refractivity contribution >= 4 is 33.7 Å². The van der Waals surface area contributed by atoms with Gasteiger partial charge in [-0.25, -0.2) is 5.43 Å². The summed E-state index contributed by atoms with van der Waals surface area (Å²) in [5.41, 5.74) is 6.01. The molecule has 0 aliphatic carbocycles. The summed E-state index contributed by atoms with van der Waals surface area (Å²) in [6.45, 7) is 1.23. The van der Waals surface area contributed by atoms with E-state index in [-0.39, 0.29) is 5.91 Å². The lowest BCUT2D eigenvalue weighted by Gasteiger charge is -2.30. The van der Waals surface area contributed by atoms with Crippen molar-refractivity contribution in [3.05, 3.63) is 64.1 Å². The second-order valence-corrected chi connectivity index (χ2v) is 6.41. The molecule has 0 bridgehead atoms. The van der Waals surface area contributed by atoms with Crippen LogP contribution in [0.5, 0.6) is 0 Å². The molecule has 2 aromatic carbocycles. The average Bonchev–Trinajstić information content (AvgIpc) is 2.57. The van der Waals surface area contributed by atoms with Crippen LogP contribution in [0.25, 0.3) is 0 Å². The minimum absolute atomic E-state index is 0.102. The summed E-state index contributed by atoms with van der Waals surface area (Å²) in [7, 11) is 0. The third kappa shape index (κ3) is 4.20. The second kappa shape index (κ2) is 7.42. The highest BCUT2D eigenvalue weighted by molar-refractivity contribution is 9.10. The van der Waals surface area contributed by atoms with Crippen molar-refractivity contribution in [1.29, 1.82) is 0 Å². The zero-order chi connectivity index (χ0) is 16.1. The molecule has 5 heteroatoms. The molecule has 1 N–H and O–H groups in total. The Morgan fingerprint density at radius 2 is 2.00 bits per heavy atom. The number of carbonyl (C=O) groups excluding carboxylic acids is 1. The topological polar surface area (TPSA) is 44.7 Å². The molecule has 0 unspecified atom stereocenters. The Morgan fingerprint density at radius 1 is 1.22 bits per heavy atom. The number of hydrazone groups is 1. The van der Waals surface area contributed by atoms with Crippen molar-refractivity contribution in [2.45, 2.75) is 12.8 Å². The number of nitrogens with zero attached hydrogens (tertiary/aromatic N) is 2. The molecule has 0 spiro atoms. The third-order valence-electron chi connectivity index (χ3n) is 3.81. The zero-order valence-electron chi connectivity index (χ0n) is 12.7. The van der Waals surface area contributed by atoms with E-state index < -0.39 is 0 Å². The van der Waals surface area contributed by atoms with E-state index in [1.807, 2.05) is 36.4 Å². The molecule has 0 saturated heterocycles. The fourth-order valence-corrected chi connectivity index (χ4v) is 2.98. The van der Waals surface area contributed by atoms with Gasteiger partial charge in [0.05, 0.1) is 12.8 Å². The summed E-state index contributed by atoms with van der Waals surface area (Å²) in [6.07, 6.45) is 3.80. The molecule has 3 rings (SSSR count). The van der Waals surface area contributed by atoms with Gasteiger partial charge in [0, 0.05) is 16.7 Å². The number of halogens is 1. The maximum atomic E-state index is 12.1. The van der Waals surface area contributed by atoms with E-state index in [4.69, 9.17) is 0 Å². The van der Waals surface area contributed by atoms with Gasteiger partial charge in [-0.1, -0.05) is 46.3 Å². The first-order valence-corrected chi connectivity index (χ1v) is 8.42. The van der Waals surface area contributed by atoms with Crippen LogP contribution in [0.15, 0.2) is 58.1 Å². The summed E-state index contributed by atoms with van der Waals surface area (Å²) in [4.78, 5) is 14.2. The fourth-order valence-electron chi connectivity index (χ4n) is 2.71. The smallest absolute Gasteiger partial charge is 0.259 e. The summed E-state index contributed by atoms with van der Waals surface area (Å²) < 4.78 is 1.02. The molecule has 23 heavy (non-hydrogen) atoms. The molecule has 2 aromatic rings. The predicted molar refractivity (Wildman–Crippen MR) is 96.9 cm³/mol. The molecule has 0 saturated carbocycles. The van der Waals surface area contributed by atoms with Crippen molar-refractivity contribution in [2.24, 2.45) is 5.10 Å². The van der Waals surface area contributed by atoms with Crippen LogP contribution in [-0.2, 0) is 11.2 Å². The maximum Gasteiger partial charge on any atom is 0.259 e.